The molecular formula is C15H27O9P. The second-order valence-electron chi connectivity index (χ2n) is 6.28. The molecule has 0 spiro atoms. The Morgan fingerprint density at radius 2 is 1.68 bits per heavy atom. The molecule has 0 unspecified atom stereocenters. The molecule has 1 aliphatic rings. The van der Waals surface area contributed by atoms with E-state index in [1.54, 1.807) is 6.08 Å². The number of phosphoric ester groups is 1. The molecule has 0 radical (unpaired) electrons. The summed E-state index contributed by atoms with van der Waals surface area (Å²) in [5, 5.41) is 38.7. The Morgan fingerprint density at radius 3 is 2.24 bits per heavy atom. The van der Waals surface area contributed by atoms with Crippen LogP contribution >= 0.6 is 7.82 Å². The van der Waals surface area contributed by atoms with E-state index in [2.05, 4.69) is 4.52 Å². The van der Waals surface area contributed by atoms with Gasteiger partial charge in [-0.2, -0.15) is 0 Å². The molecule has 0 amide bonds. The Bertz CT molecular complexity index is 483. The first kappa shape index (κ1) is 22.4. The molecular weight excluding hydrogens is 355 g/mol. The van der Waals surface area contributed by atoms with Gasteiger partial charge < -0.3 is 30.2 Å². The average molecular weight is 382 g/mol. The molecule has 0 aromatic heterocycles. The zero-order chi connectivity index (χ0) is 19.0. The molecule has 0 aliphatic heterocycles. The number of hydrogen-bond donors (Lipinski definition) is 6. The van der Waals surface area contributed by atoms with E-state index in [-0.39, 0.29) is 6.42 Å². The largest absolute Gasteiger partial charge is 0.469 e. The molecule has 1 fully saturated rings. The molecule has 4 atom stereocenters. The molecule has 1 rings (SSSR count). The van der Waals surface area contributed by atoms with Gasteiger partial charge in [-0.15, -0.1) is 0 Å². The van der Waals surface area contributed by atoms with E-state index in [1.807, 2.05) is 6.08 Å². The summed E-state index contributed by atoms with van der Waals surface area (Å²) in [5.41, 5.74) is 0. The van der Waals surface area contributed by atoms with Crippen LogP contribution in [-0.2, 0) is 13.9 Å². The molecule has 1 saturated carbocycles. The first-order chi connectivity index (χ1) is 11.6. The molecule has 146 valence electrons. The monoisotopic (exact) mass is 382 g/mol. The van der Waals surface area contributed by atoms with Gasteiger partial charge in [0.15, 0.2) is 5.78 Å². The maximum atomic E-state index is 11.9. The normalized spacial score (nSPS) is 21.8. The van der Waals surface area contributed by atoms with Gasteiger partial charge in [-0.25, -0.2) is 4.57 Å². The molecule has 1 aliphatic carbocycles. The fourth-order valence-corrected chi connectivity index (χ4v) is 3.05. The summed E-state index contributed by atoms with van der Waals surface area (Å²) in [5.74, 6) is -0.331. The Kier molecular flexibility index (Phi) is 9.40. The van der Waals surface area contributed by atoms with Crippen molar-refractivity contribution in [3.63, 3.8) is 0 Å². The van der Waals surface area contributed by atoms with Gasteiger partial charge in [0.1, 0.15) is 24.4 Å². The summed E-state index contributed by atoms with van der Waals surface area (Å²) in [6, 6.07) is 0. The van der Waals surface area contributed by atoms with Crippen LogP contribution in [0.25, 0.3) is 0 Å². The topological polar surface area (TPSA) is 165 Å². The smallest absolute Gasteiger partial charge is 0.388 e. The van der Waals surface area contributed by atoms with Crippen molar-refractivity contribution in [2.75, 3.05) is 6.61 Å². The maximum absolute atomic E-state index is 11.9. The number of ketones is 1. The van der Waals surface area contributed by atoms with Gasteiger partial charge in [-0.1, -0.05) is 31.4 Å². The molecule has 0 saturated heterocycles. The fraction of sp³-hybridized carbons (Fsp3) is 0.800. The lowest BCUT2D eigenvalue weighted by Crippen LogP contribution is -2.48. The Labute approximate surface area is 146 Å². The van der Waals surface area contributed by atoms with Crippen molar-refractivity contribution in [2.45, 2.75) is 62.9 Å². The number of aliphatic hydroxyl groups excluding tert-OH is 4. The second kappa shape index (κ2) is 10.5. The quantitative estimate of drug-likeness (QED) is 0.218. The maximum Gasteiger partial charge on any atom is 0.469 e. The predicted molar refractivity (Wildman–Crippen MR) is 87.4 cm³/mol. The van der Waals surface area contributed by atoms with E-state index in [9.17, 15) is 29.8 Å². The van der Waals surface area contributed by atoms with Crippen LogP contribution in [0.5, 0.6) is 0 Å². The molecule has 10 heteroatoms. The molecule has 0 aromatic carbocycles. The van der Waals surface area contributed by atoms with Crippen LogP contribution in [0.15, 0.2) is 12.2 Å². The number of rotatable bonds is 10. The van der Waals surface area contributed by atoms with Crippen molar-refractivity contribution in [1.82, 2.24) is 0 Å². The third-order valence-corrected chi connectivity index (χ3v) is 4.67. The molecule has 0 heterocycles. The van der Waals surface area contributed by atoms with Crippen LogP contribution in [0.1, 0.15) is 38.5 Å². The van der Waals surface area contributed by atoms with E-state index in [4.69, 9.17) is 9.79 Å². The predicted octanol–water partition coefficient (Wildman–Crippen LogP) is -0.365. The lowest BCUT2D eigenvalue weighted by atomic mass is 9.88. The standard InChI is InChI=1S/C15H27O9P/c16-11(8-4-7-10-5-2-1-3-6-10)13(18)15(20)14(19)12(17)9-24-25(21,22)23/h4,7,10,12-15,17-20H,1-3,5-6,8-9H2,(H2,21,22,23)/t12-,13-,14-,15-/m1/s1. The fourth-order valence-electron chi connectivity index (χ4n) is 2.70. The number of Topliss-reactive ketones (excluding diaryl/α,β-unsaturated/α-hetero) is 1. The highest BCUT2D eigenvalue weighted by Crippen LogP contribution is 2.35. The van der Waals surface area contributed by atoms with E-state index >= 15 is 0 Å². The first-order valence-corrected chi connectivity index (χ1v) is 9.76. The van der Waals surface area contributed by atoms with Crippen LogP contribution in [0.3, 0.4) is 0 Å². The third-order valence-electron chi connectivity index (χ3n) is 4.19. The van der Waals surface area contributed by atoms with Crippen molar-refractivity contribution >= 4 is 13.6 Å². The lowest BCUT2D eigenvalue weighted by molar-refractivity contribution is -0.146. The van der Waals surface area contributed by atoms with Gasteiger partial charge in [0, 0.05) is 6.42 Å². The summed E-state index contributed by atoms with van der Waals surface area (Å²) >= 11 is 0. The summed E-state index contributed by atoms with van der Waals surface area (Å²) in [6.45, 7) is -0.967. The van der Waals surface area contributed by atoms with E-state index in [0.717, 1.165) is 25.7 Å². The van der Waals surface area contributed by atoms with Gasteiger partial charge in [0.25, 0.3) is 0 Å². The van der Waals surface area contributed by atoms with Crippen LogP contribution < -0.4 is 0 Å². The van der Waals surface area contributed by atoms with Crippen molar-refractivity contribution in [3.05, 3.63) is 12.2 Å². The number of carbonyl (C=O) groups excluding carboxylic acids is 1. The SMILES string of the molecule is O=C(CC=CC1CCCCC1)[C@@H](O)[C@@H](O)[C@H](O)[C@H](O)COP(=O)(O)O. The van der Waals surface area contributed by atoms with Crippen molar-refractivity contribution in [1.29, 1.82) is 0 Å². The zero-order valence-electron chi connectivity index (χ0n) is 13.8. The van der Waals surface area contributed by atoms with Crippen molar-refractivity contribution in [3.8, 4) is 0 Å². The molecule has 0 aromatic rings. The Balaban J connectivity index is 2.44. The van der Waals surface area contributed by atoms with E-state index < -0.39 is 44.6 Å². The Morgan fingerprint density at radius 1 is 1.08 bits per heavy atom. The molecule has 9 nitrogen and oxygen atoms in total. The minimum absolute atomic E-state index is 0.128. The van der Waals surface area contributed by atoms with Crippen LogP contribution in [-0.4, -0.2) is 67.0 Å². The minimum Gasteiger partial charge on any atom is -0.388 e. The summed E-state index contributed by atoms with van der Waals surface area (Å²) < 4.78 is 14.5. The first-order valence-electron chi connectivity index (χ1n) is 8.23. The van der Waals surface area contributed by atoms with Gasteiger partial charge in [0.2, 0.25) is 0 Å². The minimum atomic E-state index is -4.85. The Hall–Kier alpha value is -0.640. The lowest BCUT2D eigenvalue weighted by Gasteiger charge is -2.25. The second-order valence-corrected chi connectivity index (χ2v) is 7.52. The highest BCUT2D eigenvalue weighted by molar-refractivity contribution is 7.46. The summed E-state index contributed by atoms with van der Waals surface area (Å²) in [6.07, 6.45) is 1.17. The molecule has 25 heavy (non-hydrogen) atoms. The number of aliphatic hydroxyl groups is 4. The van der Waals surface area contributed by atoms with E-state index in [0.29, 0.717) is 5.92 Å². The number of allylic oxidation sites excluding steroid dienone is 2. The highest BCUT2D eigenvalue weighted by Gasteiger charge is 2.34. The molecule has 6 N–H and O–H groups in total. The number of phosphoric acid groups is 1. The van der Waals surface area contributed by atoms with Gasteiger partial charge in [0.05, 0.1) is 6.61 Å². The average Bonchev–Trinajstić information content (AvgIpc) is 2.57. The van der Waals surface area contributed by atoms with Crippen LogP contribution in [0.4, 0.5) is 0 Å². The van der Waals surface area contributed by atoms with E-state index in [1.165, 1.54) is 6.42 Å². The highest BCUT2D eigenvalue weighted by atomic mass is 31.2. The van der Waals surface area contributed by atoms with Crippen molar-refractivity contribution < 1.29 is 44.1 Å². The van der Waals surface area contributed by atoms with Gasteiger partial charge in [-0.3, -0.25) is 9.32 Å². The van der Waals surface area contributed by atoms with Gasteiger partial charge in [-0.05, 0) is 18.8 Å². The zero-order valence-corrected chi connectivity index (χ0v) is 14.7. The van der Waals surface area contributed by atoms with Crippen molar-refractivity contribution in [2.24, 2.45) is 5.92 Å². The van der Waals surface area contributed by atoms with Crippen LogP contribution in [0.2, 0.25) is 0 Å². The third kappa shape index (κ3) is 8.52. The van der Waals surface area contributed by atoms with Gasteiger partial charge >= 0.3 is 7.82 Å². The van der Waals surface area contributed by atoms with Crippen LogP contribution in [0, 0.1) is 5.92 Å². The summed E-state index contributed by atoms with van der Waals surface area (Å²) in [7, 11) is -4.85. The molecule has 0 bridgehead atoms. The summed E-state index contributed by atoms with van der Waals surface area (Å²) in [4.78, 5) is 28.9. The number of hydrogen-bond acceptors (Lipinski definition) is 7. The number of carbonyl (C=O) groups is 1.